The van der Waals surface area contributed by atoms with Gasteiger partial charge in [0, 0.05) is 30.4 Å². The van der Waals surface area contributed by atoms with Crippen molar-refractivity contribution < 1.29 is 4.92 Å². The molecular weight excluding hydrogens is 298 g/mol. The van der Waals surface area contributed by atoms with E-state index in [0.29, 0.717) is 6.04 Å². The largest absolute Gasteiger partial charge is 0.346 e. The van der Waals surface area contributed by atoms with E-state index >= 15 is 0 Å². The van der Waals surface area contributed by atoms with Crippen molar-refractivity contribution in [3.8, 4) is 0 Å². The lowest BCUT2D eigenvalue weighted by molar-refractivity contribution is -0.384. The Morgan fingerprint density at radius 1 is 1.18 bits per heavy atom. The van der Waals surface area contributed by atoms with Crippen LogP contribution in [0.5, 0.6) is 0 Å². The highest BCUT2D eigenvalue weighted by atomic mass is 32.1. The molecule has 1 heterocycles. The third kappa shape index (κ3) is 3.21. The van der Waals surface area contributed by atoms with Crippen LogP contribution in [-0.2, 0) is 0 Å². The van der Waals surface area contributed by atoms with Gasteiger partial charge in [0.1, 0.15) is 0 Å². The fraction of sp³-hybridized carbons (Fsp3) is 0.562. The summed E-state index contributed by atoms with van der Waals surface area (Å²) in [5.41, 5.74) is 0.912. The van der Waals surface area contributed by atoms with Gasteiger partial charge in [-0.15, -0.1) is 0 Å². The minimum Gasteiger partial charge on any atom is -0.346 e. The van der Waals surface area contributed by atoms with Gasteiger partial charge >= 0.3 is 0 Å². The molecule has 5 nitrogen and oxygen atoms in total. The zero-order chi connectivity index (χ0) is 15.5. The molecule has 1 aliphatic heterocycles. The van der Waals surface area contributed by atoms with Crippen LogP contribution in [0.25, 0.3) is 0 Å². The lowest BCUT2D eigenvalue weighted by atomic mass is 9.78. The number of anilines is 1. The molecule has 0 aromatic heterocycles. The Kier molecular flexibility index (Phi) is 4.57. The topological polar surface area (TPSA) is 58.4 Å². The molecular formula is C16H21N3O2S. The van der Waals surface area contributed by atoms with Gasteiger partial charge in [-0.3, -0.25) is 10.1 Å². The highest BCUT2D eigenvalue weighted by Gasteiger charge is 2.34. The molecule has 1 aromatic carbocycles. The first-order chi connectivity index (χ1) is 10.6. The number of non-ortho nitro benzene ring substituents is 1. The van der Waals surface area contributed by atoms with E-state index in [1.807, 2.05) is 0 Å². The molecule has 3 rings (SSSR count). The van der Waals surface area contributed by atoms with Crippen LogP contribution >= 0.6 is 12.2 Å². The maximum Gasteiger partial charge on any atom is 0.269 e. The van der Waals surface area contributed by atoms with Crippen LogP contribution in [0.1, 0.15) is 38.5 Å². The fourth-order valence-electron chi connectivity index (χ4n) is 3.74. The number of hydrogen-bond donors (Lipinski definition) is 1. The SMILES string of the molecule is O=[N+]([O-])c1ccc(NC(=S)N2CCC[C@H]3CCCC[C@@H]32)cc1. The molecule has 0 unspecified atom stereocenters. The summed E-state index contributed by atoms with van der Waals surface area (Å²) in [5, 5.41) is 14.7. The number of nitrogens with one attached hydrogen (secondary N) is 1. The van der Waals surface area contributed by atoms with E-state index in [1.165, 1.54) is 50.7 Å². The number of nitro groups is 1. The zero-order valence-electron chi connectivity index (χ0n) is 12.5. The molecule has 1 aliphatic carbocycles. The van der Waals surface area contributed by atoms with Crippen molar-refractivity contribution in [1.82, 2.24) is 4.90 Å². The third-order valence-corrected chi connectivity index (χ3v) is 5.17. The first-order valence-electron chi connectivity index (χ1n) is 7.97. The van der Waals surface area contributed by atoms with Gasteiger partial charge in [0.05, 0.1) is 4.92 Å². The molecule has 0 spiro atoms. The summed E-state index contributed by atoms with van der Waals surface area (Å²) in [6.07, 6.45) is 7.70. The quantitative estimate of drug-likeness (QED) is 0.508. The highest BCUT2D eigenvalue weighted by molar-refractivity contribution is 7.80. The van der Waals surface area contributed by atoms with Crippen molar-refractivity contribution in [2.24, 2.45) is 5.92 Å². The first-order valence-corrected chi connectivity index (χ1v) is 8.38. The smallest absolute Gasteiger partial charge is 0.269 e. The van der Waals surface area contributed by atoms with Gasteiger partial charge in [0.2, 0.25) is 0 Å². The van der Waals surface area contributed by atoms with Crippen LogP contribution < -0.4 is 5.32 Å². The number of rotatable bonds is 2. The second-order valence-corrected chi connectivity index (χ2v) is 6.57. The molecule has 2 aliphatic rings. The monoisotopic (exact) mass is 319 g/mol. The van der Waals surface area contributed by atoms with Crippen molar-refractivity contribution in [2.75, 3.05) is 11.9 Å². The van der Waals surface area contributed by atoms with E-state index < -0.39 is 0 Å². The van der Waals surface area contributed by atoms with Gasteiger partial charge in [-0.05, 0) is 56.0 Å². The summed E-state index contributed by atoms with van der Waals surface area (Å²) in [5.74, 6) is 0.777. The van der Waals surface area contributed by atoms with Crippen LogP contribution in [-0.4, -0.2) is 27.5 Å². The third-order valence-electron chi connectivity index (χ3n) is 4.83. The molecule has 22 heavy (non-hydrogen) atoms. The maximum atomic E-state index is 10.7. The Balaban J connectivity index is 1.66. The van der Waals surface area contributed by atoms with Crippen molar-refractivity contribution in [2.45, 2.75) is 44.6 Å². The number of benzene rings is 1. The Morgan fingerprint density at radius 3 is 2.59 bits per heavy atom. The zero-order valence-corrected chi connectivity index (χ0v) is 13.3. The minimum atomic E-state index is -0.390. The number of hydrogen-bond acceptors (Lipinski definition) is 3. The molecule has 1 N–H and O–H groups in total. The lowest BCUT2D eigenvalue weighted by Gasteiger charge is -2.45. The van der Waals surface area contributed by atoms with Gasteiger partial charge in [0.25, 0.3) is 5.69 Å². The highest BCUT2D eigenvalue weighted by Crippen LogP contribution is 2.35. The standard InChI is InChI=1S/C16H21N3O2S/c20-19(21)14-9-7-13(8-10-14)17-16(22)18-11-3-5-12-4-1-2-6-15(12)18/h7-10,12,15H,1-6,11H2,(H,17,22)/t12-,15+/m1/s1. The van der Waals surface area contributed by atoms with Gasteiger partial charge in [0.15, 0.2) is 5.11 Å². The summed E-state index contributed by atoms with van der Waals surface area (Å²) in [7, 11) is 0. The second kappa shape index (κ2) is 6.60. The molecule has 1 saturated carbocycles. The minimum absolute atomic E-state index is 0.0989. The molecule has 0 bridgehead atoms. The molecule has 0 amide bonds. The van der Waals surface area contributed by atoms with Gasteiger partial charge in [-0.25, -0.2) is 0 Å². The summed E-state index contributed by atoms with van der Waals surface area (Å²) in [6, 6.07) is 7.01. The van der Waals surface area contributed by atoms with Gasteiger partial charge < -0.3 is 10.2 Å². The van der Waals surface area contributed by atoms with E-state index in [1.54, 1.807) is 12.1 Å². The average molecular weight is 319 g/mol. The Bertz CT molecular complexity index is 559. The molecule has 2 atom stereocenters. The number of likely N-dealkylation sites (tertiary alicyclic amines) is 1. The molecule has 1 aromatic rings. The van der Waals surface area contributed by atoms with Crippen LogP contribution in [0.2, 0.25) is 0 Å². The number of nitro benzene ring substituents is 1. The van der Waals surface area contributed by atoms with Crippen molar-refractivity contribution in [3.05, 3.63) is 34.4 Å². The fourth-order valence-corrected chi connectivity index (χ4v) is 4.08. The van der Waals surface area contributed by atoms with E-state index in [-0.39, 0.29) is 10.6 Å². The predicted octanol–water partition coefficient (Wildman–Crippen LogP) is 3.95. The molecule has 0 radical (unpaired) electrons. The van der Waals surface area contributed by atoms with Crippen LogP contribution in [0.3, 0.4) is 0 Å². The Morgan fingerprint density at radius 2 is 1.86 bits per heavy atom. The maximum absolute atomic E-state index is 10.7. The number of piperidine rings is 1. The van der Waals surface area contributed by atoms with Gasteiger partial charge in [-0.2, -0.15) is 0 Å². The average Bonchev–Trinajstić information content (AvgIpc) is 2.54. The summed E-state index contributed by atoms with van der Waals surface area (Å²) in [4.78, 5) is 12.6. The van der Waals surface area contributed by atoms with E-state index in [4.69, 9.17) is 12.2 Å². The van der Waals surface area contributed by atoms with Crippen molar-refractivity contribution >= 4 is 28.7 Å². The van der Waals surface area contributed by atoms with E-state index in [9.17, 15) is 10.1 Å². The van der Waals surface area contributed by atoms with Crippen LogP contribution in [0.4, 0.5) is 11.4 Å². The second-order valence-electron chi connectivity index (χ2n) is 6.18. The van der Waals surface area contributed by atoms with Crippen molar-refractivity contribution in [3.63, 3.8) is 0 Å². The van der Waals surface area contributed by atoms with E-state index in [2.05, 4.69) is 10.2 Å². The normalized spacial score (nSPS) is 24.5. The first kappa shape index (κ1) is 15.2. The Labute approximate surface area is 135 Å². The molecule has 6 heteroatoms. The molecule has 118 valence electrons. The van der Waals surface area contributed by atoms with Crippen LogP contribution in [0, 0.1) is 16.0 Å². The predicted molar refractivity (Wildman–Crippen MR) is 91.0 cm³/mol. The Hall–Kier alpha value is -1.69. The van der Waals surface area contributed by atoms with Crippen LogP contribution in [0.15, 0.2) is 24.3 Å². The number of thiocarbonyl (C=S) groups is 1. The lowest BCUT2D eigenvalue weighted by Crippen LogP contribution is -2.51. The van der Waals surface area contributed by atoms with Crippen molar-refractivity contribution in [1.29, 1.82) is 0 Å². The summed E-state index contributed by atoms with van der Waals surface area (Å²) < 4.78 is 0. The molecule has 1 saturated heterocycles. The van der Waals surface area contributed by atoms with Gasteiger partial charge in [-0.1, -0.05) is 12.8 Å². The molecule has 2 fully saturated rings. The number of nitrogens with zero attached hydrogens (tertiary/aromatic N) is 2. The van der Waals surface area contributed by atoms with E-state index in [0.717, 1.165) is 23.3 Å². The summed E-state index contributed by atoms with van der Waals surface area (Å²) in [6.45, 7) is 1.01. The number of fused-ring (bicyclic) bond motifs is 1. The summed E-state index contributed by atoms with van der Waals surface area (Å²) >= 11 is 5.59.